The Balaban J connectivity index is 1.31. The number of nitrogens with one attached hydrogen (secondary N) is 1. The van der Waals surface area contributed by atoms with Crippen molar-refractivity contribution in [3.8, 4) is 0 Å². The highest BCUT2D eigenvalue weighted by atomic mass is 32.2. The summed E-state index contributed by atoms with van der Waals surface area (Å²) in [5, 5.41) is 7.82. The minimum Gasteiger partial charge on any atom is -0.298 e. The molecule has 0 saturated carbocycles. The van der Waals surface area contributed by atoms with Crippen LogP contribution in [0.15, 0.2) is 54.2 Å². The number of hydrogen-bond donors (Lipinski definition) is 1. The van der Waals surface area contributed by atoms with Crippen molar-refractivity contribution < 1.29 is 0 Å². The molecular weight excluding hydrogens is 344 g/mol. The maximum absolute atomic E-state index is 4.52. The molecule has 1 saturated heterocycles. The third-order valence-electron chi connectivity index (χ3n) is 4.62. The molecule has 0 aliphatic carbocycles. The zero-order valence-corrected chi connectivity index (χ0v) is 15.4. The molecule has 2 aromatic heterocycles. The quantitative estimate of drug-likeness (QED) is 0.533. The zero-order valence-electron chi connectivity index (χ0n) is 14.6. The van der Waals surface area contributed by atoms with Crippen molar-refractivity contribution in [2.24, 2.45) is 0 Å². The molecule has 134 valence electrons. The standard InChI is InChI=1S/C19H22N6S/c1-2-5-15(6-3-1)13-26-19-20-9-16(10-21-19)11-25-8-4-7-17(12-25)18-22-14-23-24-18/h1-3,5-6,9-10,14,17H,4,7-8,11-13H2,(H,22,23,24). The fourth-order valence-corrected chi connectivity index (χ4v) is 4.06. The number of aromatic amines is 1. The van der Waals surface area contributed by atoms with Gasteiger partial charge in [0.05, 0.1) is 0 Å². The van der Waals surface area contributed by atoms with Gasteiger partial charge < -0.3 is 0 Å². The molecule has 0 radical (unpaired) electrons. The van der Waals surface area contributed by atoms with Crippen molar-refractivity contribution >= 4 is 11.8 Å². The summed E-state index contributed by atoms with van der Waals surface area (Å²) in [6.45, 7) is 2.99. The van der Waals surface area contributed by atoms with Gasteiger partial charge in [-0.1, -0.05) is 42.1 Å². The van der Waals surface area contributed by atoms with Crippen LogP contribution in [0.4, 0.5) is 0 Å². The Bertz CT molecular complexity index is 791. The minimum atomic E-state index is 0.438. The van der Waals surface area contributed by atoms with Crippen molar-refractivity contribution in [2.45, 2.75) is 36.2 Å². The average molecular weight is 366 g/mol. The van der Waals surface area contributed by atoms with Crippen molar-refractivity contribution in [3.63, 3.8) is 0 Å². The van der Waals surface area contributed by atoms with E-state index in [-0.39, 0.29) is 0 Å². The van der Waals surface area contributed by atoms with E-state index < -0.39 is 0 Å². The zero-order chi connectivity index (χ0) is 17.6. The van der Waals surface area contributed by atoms with E-state index >= 15 is 0 Å². The highest BCUT2D eigenvalue weighted by molar-refractivity contribution is 7.98. The molecule has 6 nitrogen and oxygen atoms in total. The topological polar surface area (TPSA) is 70.6 Å². The first kappa shape index (κ1) is 17.2. The van der Waals surface area contributed by atoms with E-state index in [1.807, 2.05) is 18.5 Å². The van der Waals surface area contributed by atoms with Crippen LogP contribution in [-0.4, -0.2) is 43.1 Å². The van der Waals surface area contributed by atoms with Gasteiger partial charge in [-0.2, -0.15) is 5.10 Å². The van der Waals surface area contributed by atoms with Crippen LogP contribution in [0.25, 0.3) is 0 Å². The summed E-state index contributed by atoms with van der Waals surface area (Å²) in [5.74, 6) is 2.33. The van der Waals surface area contributed by atoms with Gasteiger partial charge in [-0.3, -0.25) is 10.00 Å². The predicted octanol–water partition coefficient (Wildman–Crippen LogP) is 3.27. The number of thioether (sulfide) groups is 1. The van der Waals surface area contributed by atoms with Gasteiger partial charge in [0.1, 0.15) is 12.2 Å². The number of hydrogen-bond acceptors (Lipinski definition) is 6. The van der Waals surface area contributed by atoms with Crippen LogP contribution in [0.3, 0.4) is 0 Å². The summed E-state index contributed by atoms with van der Waals surface area (Å²) < 4.78 is 0. The molecule has 1 unspecified atom stereocenters. The van der Waals surface area contributed by atoms with E-state index in [1.54, 1.807) is 18.1 Å². The van der Waals surface area contributed by atoms with Crippen LogP contribution >= 0.6 is 11.8 Å². The van der Waals surface area contributed by atoms with E-state index in [9.17, 15) is 0 Å². The SMILES string of the molecule is c1ccc(CSc2ncc(CN3CCCC(c4ncn[nH]4)C3)cn2)cc1. The Morgan fingerprint density at radius 2 is 1.92 bits per heavy atom. The molecule has 0 bridgehead atoms. The largest absolute Gasteiger partial charge is 0.298 e. The summed E-state index contributed by atoms with van der Waals surface area (Å²) >= 11 is 1.67. The second-order valence-electron chi connectivity index (χ2n) is 6.59. The Morgan fingerprint density at radius 1 is 1.08 bits per heavy atom. The highest BCUT2D eigenvalue weighted by Crippen LogP contribution is 2.25. The molecule has 26 heavy (non-hydrogen) atoms. The Morgan fingerprint density at radius 3 is 2.69 bits per heavy atom. The van der Waals surface area contributed by atoms with Crippen LogP contribution < -0.4 is 0 Å². The van der Waals surface area contributed by atoms with Gasteiger partial charge >= 0.3 is 0 Å². The fraction of sp³-hybridized carbons (Fsp3) is 0.368. The van der Waals surface area contributed by atoms with Crippen molar-refractivity contribution in [1.82, 2.24) is 30.0 Å². The van der Waals surface area contributed by atoms with Gasteiger partial charge in [0.2, 0.25) is 0 Å². The molecule has 3 heterocycles. The highest BCUT2D eigenvalue weighted by Gasteiger charge is 2.23. The smallest absolute Gasteiger partial charge is 0.187 e. The number of nitrogens with zero attached hydrogens (tertiary/aromatic N) is 5. The molecule has 7 heteroatoms. The van der Waals surface area contributed by atoms with Gasteiger partial charge in [-0.25, -0.2) is 15.0 Å². The van der Waals surface area contributed by atoms with Gasteiger partial charge in [-0.05, 0) is 24.9 Å². The number of piperidine rings is 1. The Hall–Kier alpha value is -2.25. The summed E-state index contributed by atoms with van der Waals surface area (Å²) in [5.41, 5.74) is 2.45. The average Bonchev–Trinajstić information content (AvgIpc) is 3.23. The Kier molecular flexibility index (Phi) is 5.56. The molecule has 0 spiro atoms. The number of aromatic nitrogens is 5. The summed E-state index contributed by atoms with van der Waals surface area (Å²) in [6, 6.07) is 10.4. The fourth-order valence-electron chi connectivity index (χ4n) is 3.31. The number of rotatable bonds is 6. The number of likely N-dealkylation sites (tertiary alicyclic amines) is 1. The molecular formula is C19H22N6S. The van der Waals surface area contributed by atoms with Crippen LogP contribution in [0.2, 0.25) is 0 Å². The molecule has 1 aliphatic heterocycles. The molecule has 1 aliphatic rings. The second kappa shape index (κ2) is 8.42. The Labute approximate surface area is 157 Å². The first-order chi connectivity index (χ1) is 12.9. The molecule has 1 fully saturated rings. The summed E-state index contributed by atoms with van der Waals surface area (Å²) in [6.07, 6.45) is 7.85. The number of benzene rings is 1. The maximum atomic E-state index is 4.52. The first-order valence-electron chi connectivity index (χ1n) is 8.92. The predicted molar refractivity (Wildman–Crippen MR) is 102 cm³/mol. The molecule has 0 amide bonds. The van der Waals surface area contributed by atoms with Gasteiger partial charge in [0.15, 0.2) is 5.16 Å². The number of H-pyrrole nitrogens is 1. The monoisotopic (exact) mass is 366 g/mol. The lowest BCUT2D eigenvalue weighted by atomic mass is 9.97. The maximum Gasteiger partial charge on any atom is 0.187 e. The normalized spacial score (nSPS) is 18.1. The third-order valence-corrected chi connectivity index (χ3v) is 5.57. The molecule has 1 N–H and O–H groups in total. The minimum absolute atomic E-state index is 0.438. The van der Waals surface area contributed by atoms with Crippen molar-refractivity contribution in [1.29, 1.82) is 0 Å². The van der Waals surface area contributed by atoms with E-state index in [0.717, 1.165) is 48.4 Å². The van der Waals surface area contributed by atoms with E-state index in [4.69, 9.17) is 0 Å². The lowest BCUT2D eigenvalue weighted by Gasteiger charge is -2.31. The summed E-state index contributed by atoms with van der Waals surface area (Å²) in [7, 11) is 0. The van der Waals surface area contributed by atoms with Crippen LogP contribution in [-0.2, 0) is 12.3 Å². The van der Waals surface area contributed by atoms with Crippen LogP contribution in [0.5, 0.6) is 0 Å². The summed E-state index contributed by atoms with van der Waals surface area (Å²) in [4.78, 5) is 15.8. The van der Waals surface area contributed by atoms with E-state index in [2.05, 4.69) is 54.3 Å². The molecule has 1 atom stereocenters. The first-order valence-corrected chi connectivity index (χ1v) is 9.90. The van der Waals surface area contributed by atoms with Gasteiger partial charge in [0.25, 0.3) is 0 Å². The molecule has 1 aromatic carbocycles. The van der Waals surface area contributed by atoms with Crippen molar-refractivity contribution in [3.05, 3.63) is 66.0 Å². The third kappa shape index (κ3) is 4.47. The van der Waals surface area contributed by atoms with Gasteiger partial charge in [0, 0.05) is 42.7 Å². The van der Waals surface area contributed by atoms with E-state index in [1.165, 1.54) is 12.0 Å². The van der Waals surface area contributed by atoms with Gasteiger partial charge in [-0.15, -0.1) is 0 Å². The van der Waals surface area contributed by atoms with Crippen molar-refractivity contribution in [2.75, 3.05) is 13.1 Å². The lowest BCUT2D eigenvalue weighted by molar-refractivity contribution is 0.196. The van der Waals surface area contributed by atoms with Crippen LogP contribution in [0, 0.1) is 0 Å². The van der Waals surface area contributed by atoms with E-state index in [0.29, 0.717) is 5.92 Å². The lowest BCUT2D eigenvalue weighted by Crippen LogP contribution is -2.34. The van der Waals surface area contributed by atoms with Crippen LogP contribution in [0.1, 0.15) is 35.7 Å². The molecule has 4 rings (SSSR count). The second-order valence-corrected chi connectivity index (χ2v) is 7.54. The molecule has 3 aromatic rings.